The number of carbonyl (C=O) groups excluding carboxylic acids is 1. The maximum absolute atomic E-state index is 13.5. The molecular formula is C35H44O4. The molecule has 7 atom stereocenters. The van der Waals surface area contributed by atoms with Crippen LogP contribution < -0.4 is 0 Å². The number of rotatable bonds is 6. The summed E-state index contributed by atoms with van der Waals surface area (Å²) < 4.78 is 6.10. The summed E-state index contributed by atoms with van der Waals surface area (Å²) in [5.41, 5.74) is 3.33. The second-order valence-electron chi connectivity index (χ2n) is 13.6. The lowest BCUT2D eigenvalue weighted by molar-refractivity contribution is -0.231. The highest BCUT2D eigenvalue weighted by Crippen LogP contribution is 2.70. The van der Waals surface area contributed by atoms with E-state index >= 15 is 0 Å². The fourth-order valence-corrected chi connectivity index (χ4v) is 9.68. The van der Waals surface area contributed by atoms with Gasteiger partial charge in [-0.2, -0.15) is 0 Å². The first-order valence-electron chi connectivity index (χ1n) is 15.0. The Bertz CT molecular complexity index is 1270. The van der Waals surface area contributed by atoms with E-state index in [1.807, 2.05) is 13.0 Å². The summed E-state index contributed by atoms with van der Waals surface area (Å²) >= 11 is 0. The molecule has 4 aliphatic carbocycles. The van der Waals surface area contributed by atoms with Gasteiger partial charge in [-0.05, 0) is 104 Å². The van der Waals surface area contributed by atoms with Crippen LogP contribution in [0.25, 0.3) is 0 Å². The second kappa shape index (κ2) is 9.59. The first kappa shape index (κ1) is 26.8. The SMILES string of the molecule is CC(=O)C1(Cc2ccccc2)CCC2C3CC=C4CC(O)(OCc5cccc(O)c5)CCC4(C)C3CCC21C. The van der Waals surface area contributed by atoms with Crippen molar-refractivity contribution in [1.82, 2.24) is 0 Å². The lowest BCUT2D eigenvalue weighted by atomic mass is 9.44. The molecule has 4 nitrogen and oxygen atoms in total. The van der Waals surface area contributed by atoms with Crippen LogP contribution in [0.4, 0.5) is 0 Å². The molecule has 0 saturated heterocycles. The highest BCUT2D eigenvalue weighted by atomic mass is 16.6. The molecule has 0 amide bonds. The van der Waals surface area contributed by atoms with Crippen molar-refractivity contribution in [3.63, 3.8) is 0 Å². The summed E-state index contributed by atoms with van der Waals surface area (Å²) in [6.45, 7) is 7.02. The van der Waals surface area contributed by atoms with Gasteiger partial charge in [0, 0.05) is 18.3 Å². The summed E-state index contributed by atoms with van der Waals surface area (Å²) in [6, 6.07) is 17.7. The van der Waals surface area contributed by atoms with Gasteiger partial charge < -0.3 is 14.9 Å². The quantitative estimate of drug-likeness (QED) is 0.303. The van der Waals surface area contributed by atoms with Gasteiger partial charge in [0.15, 0.2) is 5.79 Å². The molecule has 0 aromatic heterocycles. The van der Waals surface area contributed by atoms with E-state index in [-0.39, 0.29) is 28.6 Å². The van der Waals surface area contributed by atoms with Crippen molar-refractivity contribution >= 4 is 5.78 Å². The monoisotopic (exact) mass is 528 g/mol. The van der Waals surface area contributed by atoms with E-state index < -0.39 is 5.79 Å². The Morgan fingerprint density at radius 3 is 2.44 bits per heavy atom. The third kappa shape index (κ3) is 4.30. The third-order valence-electron chi connectivity index (χ3n) is 11.9. The number of aromatic hydroxyl groups is 1. The molecule has 6 rings (SSSR count). The van der Waals surface area contributed by atoms with Gasteiger partial charge in [0.1, 0.15) is 11.5 Å². The van der Waals surface area contributed by atoms with Crippen LogP contribution in [0.5, 0.6) is 5.75 Å². The summed E-state index contributed by atoms with van der Waals surface area (Å²) in [6.07, 6.45) is 10.8. The molecule has 0 aliphatic heterocycles. The average molecular weight is 529 g/mol. The van der Waals surface area contributed by atoms with Gasteiger partial charge in [0.2, 0.25) is 0 Å². The van der Waals surface area contributed by atoms with E-state index in [4.69, 9.17) is 4.74 Å². The molecule has 4 aliphatic rings. The molecular weight excluding hydrogens is 484 g/mol. The van der Waals surface area contributed by atoms with Crippen LogP contribution in [0.2, 0.25) is 0 Å². The molecule has 208 valence electrons. The Labute approximate surface area is 233 Å². The number of benzene rings is 2. The standard InChI is InChI=1S/C35H44O4/c1-24(36)34(21-25-8-5-4-6-9-25)17-15-31-29-13-12-27-22-35(38,39-23-26-10-7-11-28(37)20-26)19-18-32(27,2)30(29)14-16-33(31,34)3/h4-12,20,29-31,37-38H,13-19,21-23H2,1-3H3. The summed E-state index contributed by atoms with van der Waals surface area (Å²) in [5.74, 6) is 1.16. The van der Waals surface area contributed by atoms with Gasteiger partial charge in [-0.25, -0.2) is 0 Å². The number of phenols is 1. The molecule has 2 aromatic carbocycles. The summed E-state index contributed by atoms with van der Waals surface area (Å²) in [5, 5.41) is 21.2. The smallest absolute Gasteiger partial charge is 0.169 e. The van der Waals surface area contributed by atoms with Crippen LogP contribution in [0.15, 0.2) is 66.2 Å². The van der Waals surface area contributed by atoms with Gasteiger partial charge >= 0.3 is 0 Å². The van der Waals surface area contributed by atoms with Gasteiger partial charge in [-0.15, -0.1) is 0 Å². The zero-order valence-corrected chi connectivity index (χ0v) is 23.8. The molecule has 7 unspecified atom stereocenters. The number of fused-ring (bicyclic) bond motifs is 5. The number of Topliss-reactive ketones (excluding diaryl/α,β-unsaturated/α-hetero) is 1. The van der Waals surface area contributed by atoms with Crippen molar-refractivity contribution in [1.29, 1.82) is 0 Å². The summed E-state index contributed by atoms with van der Waals surface area (Å²) in [4.78, 5) is 13.5. The van der Waals surface area contributed by atoms with E-state index in [0.29, 0.717) is 36.4 Å². The number of carbonyl (C=O) groups is 1. The zero-order valence-electron chi connectivity index (χ0n) is 23.8. The molecule has 3 saturated carbocycles. The van der Waals surface area contributed by atoms with Gasteiger partial charge in [0.05, 0.1) is 6.61 Å². The van der Waals surface area contributed by atoms with E-state index in [1.54, 1.807) is 18.2 Å². The maximum atomic E-state index is 13.5. The predicted octanol–water partition coefficient (Wildman–Crippen LogP) is 7.38. The zero-order chi connectivity index (χ0) is 27.5. The van der Waals surface area contributed by atoms with Gasteiger partial charge in [0.25, 0.3) is 0 Å². The molecule has 2 N–H and O–H groups in total. The molecule has 0 bridgehead atoms. The van der Waals surface area contributed by atoms with E-state index in [0.717, 1.165) is 50.5 Å². The van der Waals surface area contributed by atoms with E-state index in [9.17, 15) is 15.0 Å². The van der Waals surface area contributed by atoms with Crippen LogP contribution in [0.1, 0.15) is 83.3 Å². The Morgan fingerprint density at radius 1 is 0.949 bits per heavy atom. The summed E-state index contributed by atoms with van der Waals surface area (Å²) in [7, 11) is 0. The van der Waals surface area contributed by atoms with Crippen molar-refractivity contribution in [2.75, 3.05) is 0 Å². The van der Waals surface area contributed by atoms with Crippen molar-refractivity contribution in [3.8, 4) is 5.75 Å². The van der Waals surface area contributed by atoms with Crippen LogP contribution in [-0.2, 0) is 22.6 Å². The van der Waals surface area contributed by atoms with Crippen LogP contribution >= 0.6 is 0 Å². The number of hydrogen-bond acceptors (Lipinski definition) is 4. The second-order valence-corrected chi connectivity index (χ2v) is 13.6. The number of ketones is 1. The highest BCUT2D eigenvalue weighted by Gasteiger charge is 2.65. The van der Waals surface area contributed by atoms with Gasteiger partial charge in [-0.3, -0.25) is 4.79 Å². The maximum Gasteiger partial charge on any atom is 0.169 e. The first-order valence-corrected chi connectivity index (χ1v) is 15.0. The normalized spacial score (nSPS) is 39.3. The molecule has 0 heterocycles. The minimum absolute atomic E-state index is 0.0251. The number of allylic oxidation sites excluding steroid dienone is 1. The number of phenolic OH excluding ortho intramolecular Hbond substituents is 1. The van der Waals surface area contributed by atoms with Crippen molar-refractivity contribution in [2.24, 2.45) is 34.0 Å². The average Bonchev–Trinajstić information content (AvgIpc) is 3.22. The molecule has 0 spiro atoms. The number of ether oxygens (including phenoxy) is 1. The minimum Gasteiger partial charge on any atom is -0.508 e. The van der Waals surface area contributed by atoms with E-state index in [2.05, 4.69) is 50.3 Å². The molecule has 3 fully saturated rings. The molecule has 0 radical (unpaired) electrons. The predicted molar refractivity (Wildman–Crippen MR) is 153 cm³/mol. The van der Waals surface area contributed by atoms with Crippen molar-refractivity contribution in [3.05, 3.63) is 77.4 Å². The number of hydrogen-bond donors (Lipinski definition) is 2. The Kier molecular flexibility index (Phi) is 6.59. The number of aliphatic hydroxyl groups is 1. The lowest BCUT2D eigenvalue weighted by Crippen LogP contribution is -2.55. The van der Waals surface area contributed by atoms with Crippen LogP contribution in [0.3, 0.4) is 0 Å². The minimum atomic E-state index is -1.17. The van der Waals surface area contributed by atoms with Gasteiger partial charge in [-0.1, -0.05) is 68.0 Å². The topological polar surface area (TPSA) is 66.8 Å². The van der Waals surface area contributed by atoms with E-state index in [1.165, 1.54) is 11.1 Å². The lowest BCUT2D eigenvalue weighted by Gasteiger charge is -2.60. The molecule has 4 heteroatoms. The first-order chi connectivity index (χ1) is 18.6. The highest BCUT2D eigenvalue weighted by molar-refractivity contribution is 5.84. The third-order valence-corrected chi connectivity index (χ3v) is 11.9. The molecule has 39 heavy (non-hydrogen) atoms. The van der Waals surface area contributed by atoms with Crippen molar-refractivity contribution in [2.45, 2.75) is 91.0 Å². The fourth-order valence-electron chi connectivity index (χ4n) is 9.68. The fraction of sp³-hybridized carbons (Fsp3) is 0.571. The van der Waals surface area contributed by atoms with Crippen LogP contribution in [-0.4, -0.2) is 21.8 Å². The Balaban J connectivity index is 1.22. The Hall–Kier alpha value is -2.43. The van der Waals surface area contributed by atoms with Crippen molar-refractivity contribution < 1.29 is 19.7 Å². The molecule has 2 aromatic rings. The van der Waals surface area contributed by atoms with Crippen LogP contribution in [0, 0.1) is 34.0 Å². The Morgan fingerprint density at radius 2 is 1.69 bits per heavy atom. The largest absolute Gasteiger partial charge is 0.508 e.